The van der Waals surface area contributed by atoms with Crippen LogP contribution in [0.4, 0.5) is 11.4 Å². The van der Waals surface area contributed by atoms with Crippen LogP contribution in [0.25, 0.3) is 0 Å². The maximum absolute atomic E-state index is 12.6. The largest absolute Gasteiger partial charge is 0.310 e. The predicted molar refractivity (Wildman–Crippen MR) is 97.0 cm³/mol. The number of benzene rings is 2. The summed E-state index contributed by atoms with van der Waals surface area (Å²) in [6.45, 7) is 4.11. The van der Waals surface area contributed by atoms with E-state index in [1.807, 2.05) is 13.0 Å². The molecule has 7 heteroatoms. The Morgan fingerprint density at radius 1 is 1.21 bits per heavy atom. The van der Waals surface area contributed by atoms with Crippen molar-refractivity contribution in [3.63, 3.8) is 0 Å². The highest BCUT2D eigenvalue weighted by Gasteiger charge is 2.27. The van der Waals surface area contributed by atoms with Gasteiger partial charge in [0.2, 0.25) is 5.91 Å². The van der Waals surface area contributed by atoms with Gasteiger partial charge in [-0.15, -0.1) is 11.8 Å². The Balaban J connectivity index is 1.98. The first-order valence-electron chi connectivity index (χ1n) is 7.53. The molecule has 5 nitrogen and oxygen atoms in total. The van der Waals surface area contributed by atoms with Crippen LogP contribution < -0.4 is 9.62 Å². The topological polar surface area (TPSA) is 66.5 Å². The van der Waals surface area contributed by atoms with E-state index >= 15 is 0 Å². The number of amides is 1. The van der Waals surface area contributed by atoms with Crippen molar-refractivity contribution in [1.82, 2.24) is 0 Å². The summed E-state index contributed by atoms with van der Waals surface area (Å²) in [7, 11) is -3.71. The summed E-state index contributed by atoms with van der Waals surface area (Å²) in [6.07, 6.45) is 0. The lowest BCUT2D eigenvalue weighted by Gasteiger charge is -2.32. The van der Waals surface area contributed by atoms with Crippen LogP contribution in [0.3, 0.4) is 0 Å². The van der Waals surface area contributed by atoms with Crippen LogP contribution in [0.2, 0.25) is 0 Å². The van der Waals surface area contributed by atoms with Crippen LogP contribution in [0.15, 0.2) is 58.3 Å². The molecule has 0 aromatic heterocycles. The van der Waals surface area contributed by atoms with E-state index in [1.54, 1.807) is 59.1 Å². The van der Waals surface area contributed by atoms with E-state index in [0.717, 1.165) is 4.90 Å². The number of thioether (sulfide) groups is 1. The van der Waals surface area contributed by atoms with Gasteiger partial charge in [-0.05, 0) is 30.3 Å². The molecule has 0 radical (unpaired) electrons. The highest BCUT2D eigenvalue weighted by molar-refractivity contribution is 8.00. The van der Waals surface area contributed by atoms with Crippen molar-refractivity contribution in [3.05, 3.63) is 48.5 Å². The van der Waals surface area contributed by atoms with E-state index in [4.69, 9.17) is 0 Å². The number of nitrogens with one attached hydrogen (secondary N) is 1. The van der Waals surface area contributed by atoms with E-state index in [0.29, 0.717) is 17.9 Å². The summed E-state index contributed by atoms with van der Waals surface area (Å²) in [5, 5.41) is 0.270. The van der Waals surface area contributed by atoms with Crippen LogP contribution in [0, 0.1) is 0 Å². The third kappa shape index (κ3) is 3.42. The number of anilines is 2. The maximum atomic E-state index is 12.6. The molecule has 3 rings (SSSR count). The molecule has 0 fully saturated rings. The number of carbonyl (C=O) groups is 1. The van der Waals surface area contributed by atoms with E-state index in [1.165, 1.54) is 6.92 Å². The van der Waals surface area contributed by atoms with Gasteiger partial charge in [0, 0.05) is 29.3 Å². The highest BCUT2D eigenvalue weighted by atomic mass is 32.2. The number of hydrogen-bond donors (Lipinski definition) is 1. The van der Waals surface area contributed by atoms with Gasteiger partial charge in [-0.25, -0.2) is 8.42 Å². The molecule has 2 aromatic rings. The molecule has 0 saturated heterocycles. The first-order valence-corrected chi connectivity index (χ1v) is 9.90. The van der Waals surface area contributed by atoms with Gasteiger partial charge >= 0.3 is 0 Å². The molecule has 0 bridgehead atoms. The number of carbonyl (C=O) groups excluding carboxylic acids is 1. The molecule has 0 spiro atoms. The molecule has 0 unspecified atom stereocenters. The second kappa shape index (κ2) is 6.49. The Hall–Kier alpha value is -1.99. The molecule has 1 aliphatic rings. The van der Waals surface area contributed by atoms with E-state index in [-0.39, 0.29) is 16.1 Å². The van der Waals surface area contributed by atoms with Crippen LogP contribution in [-0.2, 0) is 14.8 Å². The minimum Gasteiger partial charge on any atom is -0.310 e. The molecule has 126 valence electrons. The second-order valence-corrected chi connectivity index (χ2v) is 8.82. The Morgan fingerprint density at radius 2 is 1.92 bits per heavy atom. The Kier molecular flexibility index (Phi) is 4.56. The number of nitrogens with zero attached hydrogens (tertiary/aromatic N) is 1. The minimum atomic E-state index is -3.71. The molecule has 2 aromatic carbocycles. The fraction of sp³-hybridized carbons (Fsp3) is 0.235. The quantitative estimate of drug-likeness (QED) is 0.909. The van der Waals surface area contributed by atoms with Crippen molar-refractivity contribution in [2.75, 3.05) is 16.2 Å². The van der Waals surface area contributed by atoms with Gasteiger partial charge in [-0.2, -0.15) is 0 Å². The summed E-state index contributed by atoms with van der Waals surface area (Å²) in [4.78, 5) is 14.6. The average molecular weight is 362 g/mol. The molecule has 24 heavy (non-hydrogen) atoms. The molecule has 1 heterocycles. The minimum absolute atomic E-state index is 0.0889. The molecule has 1 amide bonds. The van der Waals surface area contributed by atoms with Crippen molar-refractivity contribution < 1.29 is 13.2 Å². The number of rotatable bonds is 3. The molecule has 1 N–H and O–H groups in total. The molecule has 1 atom stereocenters. The normalized spacial score (nSPS) is 17.2. The first-order chi connectivity index (χ1) is 11.4. The lowest BCUT2D eigenvalue weighted by atomic mass is 10.2. The third-order valence-electron chi connectivity index (χ3n) is 3.71. The lowest BCUT2D eigenvalue weighted by Crippen LogP contribution is -2.37. The zero-order valence-electron chi connectivity index (χ0n) is 13.4. The summed E-state index contributed by atoms with van der Waals surface area (Å²) in [6, 6.07) is 13.6. The van der Waals surface area contributed by atoms with Gasteiger partial charge < -0.3 is 4.90 Å². The van der Waals surface area contributed by atoms with Crippen molar-refractivity contribution in [1.29, 1.82) is 0 Å². The fourth-order valence-electron chi connectivity index (χ4n) is 2.60. The van der Waals surface area contributed by atoms with Gasteiger partial charge in [0.05, 0.1) is 10.6 Å². The molecular formula is C17H18N2O3S2. The van der Waals surface area contributed by atoms with Crippen LogP contribution in [0.1, 0.15) is 13.8 Å². The third-order valence-corrected chi connectivity index (χ3v) is 6.24. The van der Waals surface area contributed by atoms with Gasteiger partial charge in [-0.3, -0.25) is 9.52 Å². The maximum Gasteiger partial charge on any atom is 0.261 e. The summed E-state index contributed by atoms with van der Waals surface area (Å²) in [5.41, 5.74) is 1.16. The average Bonchev–Trinajstić information content (AvgIpc) is 2.54. The SMILES string of the molecule is CC(=O)N1C[C@H](C)Sc2ccc(S(=O)(=O)Nc3ccccc3)cc21. The van der Waals surface area contributed by atoms with E-state index < -0.39 is 10.0 Å². The molecule has 1 aliphatic heterocycles. The van der Waals surface area contributed by atoms with Gasteiger partial charge in [0.1, 0.15) is 0 Å². The summed E-state index contributed by atoms with van der Waals surface area (Å²) in [5.74, 6) is -0.0889. The summed E-state index contributed by atoms with van der Waals surface area (Å²) >= 11 is 1.65. The zero-order valence-corrected chi connectivity index (χ0v) is 15.0. The van der Waals surface area contributed by atoms with Gasteiger partial charge in [0.25, 0.3) is 10.0 Å². The number of sulfonamides is 1. The van der Waals surface area contributed by atoms with Crippen molar-refractivity contribution in [2.24, 2.45) is 0 Å². The standard InChI is InChI=1S/C17H18N2O3S2/c1-12-11-19(13(2)20)16-10-15(8-9-17(16)23-12)24(21,22)18-14-6-4-3-5-7-14/h3-10,12,18H,11H2,1-2H3/t12-/m0/s1. The highest BCUT2D eigenvalue weighted by Crippen LogP contribution is 2.39. The second-order valence-electron chi connectivity index (χ2n) is 5.66. The zero-order chi connectivity index (χ0) is 17.3. The van der Waals surface area contributed by atoms with Crippen LogP contribution in [-0.4, -0.2) is 26.1 Å². The summed E-state index contributed by atoms with van der Waals surface area (Å²) < 4.78 is 27.8. The van der Waals surface area contributed by atoms with Crippen molar-refractivity contribution in [3.8, 4) is 0 Å². The Labute approximate surface area is 146 Å². The first kappa shape index (κ1) is 16.9. The van der Waals surface area contributed by atoms with Crippen molar-refractivity contribution in [2.45, 2.75) is 28.9 Å². The number of fused-ring (bicyclic) bond motifs is 1. The van der Waals surface area contributed by atoms with Crippen LogP contribution >= 0.6 is 11.8 Å². The molecular weight excluding hydrogens is 344 g/mol. The number of para-hydroxylation sites is 1. The smallest absolute Gasteiger partial charge is 0.261 e. The van der Waals surface area contributed by atoms with Gasteiger partial charge in [0.15, 0.2) is 0 Å². The van der Waals surface area contributed by atoms with Crippen LogP contribution in [0.5, 0.6) is 0 Å². The fourth-order valence-corrected chi connectivity index (χ4v) is 4.77. The molecule has 0 aliphatic carbocycles. The van der Waals surface area contributed by atoms with E-state index in [2.05, 4.69) is 4.72 Å². The Morgan fingerprint density at radius 3 is 2.58 bits per heavy atom. The Bertz CT molecular complexity index is 867. The lowest BCUT2D eigenvalue weighted by molar-refractivity contribution is -0.116. The van der Waals surface area contributed by atoms with E-state index in [9.17, 15) is 13.2 Å². The molecule has 0 saturated carbocycles. The van der Waals surface area contributed by atoms with Crippen molar-refractivity contribution >= 4 is 39.1 Å². The number of hydrogen-bond acceptors (Lipinski definition) is 4. The predicted octanol–water partition coefficient (Wildman–Crippen LogP) is 3.33. The monoisotopic (exact) mass is 362 g/mol. The van der Waals surface area contributed by atoms with Gasteiger partial charge in [-0.1, -0.05) is 25.1 Å².